The Kier molecular flexibility index (Phi) is 4.73. The number of β-amino-alcohol motifs (C(OH)–C–C–N with tert-alkyl or cyclic N) is 1. The van der Waals surface area contributed by atoms with Gasteiger partial charge < -0.3 is 15.2 Å². The first-order chi connectivity index (χ1) is 11.7. The highest BCUT2D eigenvalue weighted by Gasteiger charge is 2.40. The van der Waals surface area contributed by atoms with Crippen molar-refractivity contribution in [3.05, 3.63) is 29.3 Å². The summed E-state index contributed by atoms with van der Waals surface area (Å²) >= 11 is 0. The molecule has 2 aliphatic rings. The number of rotatable bonds is 2. The maximum absolute atomic E-state index is 12.7. The highest BCUT2D eigenvalue weighted by molar-refractivity contribution is 5.97. The molecule has 0 spiro atoms. The number of hydrogen-bond donors (Lipinski definition) is 2. The number of aliphatic hydroxyl groups is 1. The highest BCUT2D eigenvalue weighted by Crippen LogP contribution is 2.26. The number of carbonyl (C=O) groups excluding carboxylic acids is 2. The summed E-state index contributed by atoms with van der Waals surface area (Å²) in [7, 11) is 0. The minimum Gasteiger partial charge on any atom is -0.444 e. The van der Waals surface area contributed by atoms with Crippen molar-refractivity contribution in [2.45, 2.75) is 64.2 Å². The molecular formula is C19H26N2O4. The van der Waals surface area contributed by atoms with E-state index in [2.05, 4.69) is 5.32 Å². The molecule has 1 fully saturated rings. The van der Waals surface area contributed by atoms with Crippen molar-refractivity contribution in [2.24, 2.45) is 0 Å². The number of nitrogens with one attached hydrogen (secondary N) is 1. The van der Waals surface area contributed by atoms with Crippen LogP contribution in [-0.4, -0.2) is 46.3 Å². The zero-order valence-corrected chi connectivity index (χ0v) is 15.0. The van der Waals surface area contributed by atoms with Crippen molar-refractivity contribution >= 4 is 17.7 Å². The molecule has 1 aliphatic heterocycles. The molecule has 1 aromatic carbocycles. The number of aryl methyl sites for hydroxylation is 2. The Morgan fingerprint density at radius 3 is 2.68 bits per heavy atom. The standard InChI is InChI=1S/C19H26N2O4/c1-19(2,3)25-18(24)21-11-15(22)10-16(21)17(23)20-14-8-7-12-5-4-6-13(12)9-14/h7-9,15-16,22H,4-6,10-11H2,1-3H3,(H,20,23)/t15-,16+/m1/s1. The average molecular weight is 346 g/mol. The molecule has 6 nitrogen and oxygen atoms in total. The third kappa shape index (κ3) is 4.12. The lowest BCUT2D eigenvalue weighted by atomic mass is 10.1. The number of amides is 2. The molecule has 0 saturated carbocycles. The van der Waals surface area contributed by atoms with Crippen molar-refractivity contribution in [1.29, 1.82) is 0 Å². The fourth-order valence-corrected chi connectivity index (χ4v) is 3.46. The maximum Gasteiger partial charge on any atom is 0.411 e. The van der Waals surface area contributed by atoms with Gasteiger partial charge in [0, 0.05) is 12.1 Å². The molecule has 2 N–H and O–H groups in total. The molecule has 0 radical (unpaired) electrons. The van der Waals surface area contributed by atoms with Gasteiger partial charge in [-0.1, -0.05) is 6.07 Å². The van der Waals surface area contributed by atoms with Crippen LogP contribution < -0.4 is 5.32 Å². The van der Waals surface area contributed by atoms with Crippen LogP contribution in [0.3, 0.4) is 0 Å². The number of aliphatic hydroxyl groups excluding tert-OH is 1. The van der Waals surface area contributed by atoms with E-state index in [9.17, 15) is 14.7 Å². The van der Waals surface area contributed by atoms with Crippen molar-refractivity contribution in [3.63, 3.8) is 0 Å². The fraction of sp³-hybridized carbons (Fsp3) is 0.579. The van der Waals surface area contributed by atoms with Gasteiger partial charge in [-0.3, -0.25) is 9.69 Å². The fourth-order valence-electron chi connectivity index (χ4n) is 3.46. The number of nitrogens with zero attached hydrogens (tertiary/aromatic N) is 1. The number of benzene rings is 1. The van der Waals surface area contributed by atoms with E-state index < -0.39 is 23.8 Å². The van der Waals surface area contributed by atoms with Crippen LogP contribution in [0.5, 0.6) is 0 Å². The normalized spacial score (nSPS) is 22.6. The molecule has 25 heavy (non-hydrogen) atoms. The molecule has 1 saturated heterocycles. The van der Waals surface area contributed by atoms with E-state index in [4.69, 9.17) is 4.74 Å². The summed E-state index contributed by atoms with van der Waals surface area (Å²) in [6.45, 7) is 5.43. The number of likely N-dealkylation sites (tertiary alicyclic amines) is 1. The molecule has 1 aromatic rings. The van der Waals surface area contributed by atoms with E-state index in [-0.39, 0.29) is 18.9 Å². The summed E-state index contributed by atoms with van der Waals surface area (Å²) < 4.78 is 5.36. The second-order valence-corrected chi connectivity index (χ2v) is 7.86. The van der Waals surface area contributed by atoms with Crippen LogP contribution in [0.25, 0.3) is 0 Å². The molecule has 0 unspecified atom stereocenters. The molecule has 3 rings (SSSR count). The predicted octanol–water partition coefficient (Wildman–Crippen LogP) is 2.48. The Balaban J connectivity index is 1.70. The first kappa shape index (κ1) is 17.7. The van der Waals surface area contributed by atoms with Gasteiger partial charge >= 0.3 is 6.09 Å². The van der Waals surface area contributed by atoms with Gasteiger partial charge in [-0.15, -0.1) is 0 Å². The predicted molar refractivity (Wildman–Crippen MR) is 94.4 cm³/mol. The number of carbonyl (C=O) groups is 2. The topological polar surface area (TPSA) is 78.9 Å². The Morgan fingerprint density at radius 2 is 1.96 bits per heavy atom. The highest BCUT2D eigenvalue weighted by atomic mass is 16.6. The Bertz CT molecular complexity index is 680. The van der Waals surface area contributed by atoms with E-state index in [1.54, 1.807) is 20.8 Å². The number of anilines is 1. The van der Waals surface area contributed by atoms with E-state index in [0.29, 0.717) is 0 Å². The quantitative estimate of drug-likeness (QED) is 0.862. The molecule has 1 aliphatic carbocycles. The van der Waals surface area contributed by atoms with Crippen molar-refractivity contribution < 1.29 is 19.4 Å². The molecular weight excluding hydrogens is 320 g/mol. The van der Waals surface area contributed by atoms with Crippen LogP contribution in [-0.2, 0) is 22.4 Å². The second-order valence-electron chi connectivity index (χ2n) is 7.86. The van der Waals surface area contributed by atoms with Gasteiger partial charge in [0.15, 0.2) is 0 Å². The molecule has 136 valence electrons. The van der Waals surface area contributed by atoms with Crippen molar-refractivity contribution in [1.82, 2.24) is 4.90 Å². The minimum atomic E-state index is -0.724. The summed E-state index contributed by atoms with van der Waals surface area (Å²) in [6, 6.07) is 5.22. The summed E-state index contributed by atoms with van der Waals surface area (Å²) in [5.74, 6) is -0.291. The van der Waals surface area contributed by atoms with Gasteiger partial charge in [-0.2, -0.15) is 0 Å². The Hall–Kier alpha value is -2.08. The number of fused-ring (bicyclic) bond motifs is 1. The third-order valence-electron chi connectivity index (χ3n) is 4.58. The smallest absolute Gasteiger partial charge is 0.411 e. The van der Waals surface area contributed by atoms with Crippen LogP contribution in [0.4, 0.5) is 10.5 Å². The van der Waals surface area contributed by atoms with Crippen LogP contribution in [0.2, 0.25) is 0 Å². The van der Waals surface area contributed by atoms with Gasteiger partial charge in [0.1, 0.15) is 11.6 Å². The van der Waals surface area contributed by atoms with E-state index in [1.165, 1.54) is 16.0 Å². The van der Waals surface area contributed by atoms with Gasteiger partial charge in [0.2, 0.25) is 5.91 Å². The molecule has 0 aromatic heterocycles. The van der Waals surface area contributed by atoms with Crippen LogP contribution in [0.1, 0.15) is 44.7 Å². The second kappa shape index (κ2) is 6.67. The lowest BCUT2D eigenvalue weighted by Crippen LogP contribution is -2.45. The van der Waals surface area contributed by atoms with Gasteiger partial charge in [0.25, 0.3) is 0 Å². The maximum atomic E-state index is 12.7. The first-order valence-corrected chi connectivity index (χ1v) is 8.83. The zero-order chi connectivity index (χ0) is 18.2. The average Bonchev–Trinajstić information content (AvgIpc) is 3.11. The monoisotopic (exact) mass is 346 g/mol. The van der Waals surface area contributed by atoms with E-state index >= 15 is 0 Å². The van der Waals surface area contributed by atoms with Crippen molar-refractivity contribution in [3.8, 4) is 0 Å². The van der Waals surface area contributed by atoms with Gasteiger partial charge in [0.05, 0.1) is 12.6 Å². The molecule has 1 heterocycles. The van der Waals surface area contributed by atoms with Crippen molar-refractivity contribution in [2.75, 3.05) is 11.9 Å². The Morgan fingerprint density at radius 1 is 1.24 bits per heavy atom. The lowest BCUT2D eigenvalue weighted by Gasteiger charge is -2.27. The van der Waals surface area contributed by atoms with E-state index in [0.717, 1.165) is 24.9 Å². The summed E-state index contributed by atoms with van der Waals surface area (Å²) in [5, 5.41) is 12.8. The van der Waals surface area contributed by atoms with Crippen LogP contribution in [0, 0.1) is 0 Å². The first-order valence-electron chi connectivity index (χ1n) is 8.83. The summed E-state index contributed by atoms with van der Waals surface area (Å²) in [5.41, 5.74) is 2.69. The lowest BCUT2D eigenvalue weighted by molar-refractivity contribution is -0.120. The minimum absolute atomic E-state index is 0.108. The molecule has 2 atom stereocenters. The third-order valence-corrected chi connectivity index (χ3v) is 4.58. The Labute approximate surface area is 148 Å². The number of ether oxygens (including phenoxy) is 1. The zero-order valence-electron chi connectivity index (χ0n) is 15.0. The van der Waals surface area contributed by atoms with Gasteiger partial charge in [-0.25, -0.2) is 4.79 Å². The van der Waals surface area contributed by atoms with Crippen LogP contribution in [0.15, 0.2) is 18.2 Å². The van der Waals surface area contributed by atoms with E-state index in [1.807, 2.05) is 18.2 Å². The summed E-state index contributed by atoms with van der Waals surface area (Å²) in [4.78, 5) is 26.3. The largest absolute Gasteiger partial charge is 0.444 e. The molecule has 0 bridgehead atoms. The molecule has 6 heteroatoms. The van der Waals surface area contributed by atoms with Crippen LogP contribution >= 0.6 is 0 Å². The number of hydrogen-bond acceptors (Lipinski definition) is 4. The van der Waals surface area contributed by atoms with Gasteiger partial charge in [-0.05, 0) is 63.3 Å². The molecule has 2 amide bonds. The summed E-state index contributed by atoms with van der Waals surface area (Å²) in [6.07, 6.45) is 2.20. The SMILES string of the molecule is CC(C)(C)OC(=O)N1C[C@H](O)C[C@H]1C(=O)Nc1ccc2c(c1)CCC2.